The van der Waals surface area contributed by atoms with Gasteiger partial charge >= 0.3 is 0 Å². The molecule has 1 aliphatic heterocycles. The first-order valence-corrected chi connectivity index (χ1v) is 15.0. The van der Waals surface area contributed by atoms with Crippen LogP contribution in [0.15, 0.2) is 36.8 Å². The van der Waals surface area contributed by atoms with E-state index in [1.54, 1.807) is 0 Å². The van der Waals surface area contributed by atoms with Gasteiger partial charge in [0.05, 0.1) is 11.9 Å². The van der Waals surface area contributed by atoms with Gasteiger partial charge in [0.2, 0.25) is 0 Å². The summed E-state index contributed by atoms with van der Waals surface area (Å²) in [7, 11) is -1.08. The number of pyridine rings is 1. The van der Waals surface area contributed by atoms with Crippen molar-refractivity contribution in [3.05, 3.63) is 36.8 Å². The van der Waals surface area contributed by atoms with Gasteiger partial charge < -0.3 is 19.9 Å². The van der Waals surface area contributed by atoms with E-state index in [1.165, 1.54) is 12.8 Å². The van der Waals surface area contributed by atoms with Crippen LogP contribution < -0.4 is 10.6 Å². The Morgan fingerprint density at radius 2 is 2.13 bits per heavy atom. The zero-order valence-corrected chi connectivity index (χ0v) is 19.9. The Kier molecular flexibility index (Phi) is 6.99. The molecule has 0 aliphatic carbocycles. The molecule has 0 bridgehead atoms. The smallest absolute Gasteiger partial charge is 0.160 e. The normalized spacial score (nSPS) is 17.6. The highest BCUT2D eigenvalue weighted by molar-refractivity contribution is 6.76. The molecule has 1 atom stereocenters. The molecule has 1 fully saturated rings. The number of ether oxygens (including phenoxy) is 1. The van der Waals surface area contributed by atoms with Crippen LogP contribution in [0.3, 0.4) is 0 Å². The first-order valence-electron chi connectivity index (χ1n) is 11.3. The summed E-state index contributed by atoms with van der Waals surface area (Å²) in [4.78, 5) is 14.2. The lowest BCUT2D eigenvalue weighted by Gasteiger charge is -2.19. The van der Waals surface area contributed by atoms with Gasteiger partial charge in [0.15, 0.2) is 5.65 Å². The summed E-state index contributed by atoms with van der Waals surface area (Å²) in [5.41, 5.74) is 3.54. The maximum Gasteiger partial charge on any atom is 0.160 e. The first kappa shape index (κ1) is 21.9. The van der Waals surface area contributed by atoms with Crippen molar-refractivity contribution in [3.63, 3.8) is 0 Å². The number of aromatic nitrogens is 4. The predicted octanol–water partition coefficient (Wildman–Crippen LogP) is 4.36. The number of rotatable bonds is 8. The van der Waals surface area contributed by atoms with Crippen LogP contribution in [0.4, 0.5) is 5.82 Å². The van der Waals surface area contributed by atoms with E-state index in [0.29, 0.717) is 12.8 Å². The number of hydrogen-bond acceptors (Lipinski definition) is 6. The lowest BCUT2D eigenvalue weighted by molar-refractivity contribution is 0.0899. The molecule has 1 unspecified atom stereocenters. The molecular weight excluding hydrogens is 404 g/mol. The molecule has 0 saturated carbocycles. The Labute approximate surface area is 185 Å². The number of fused-ring (bicyclic) bond motifs is 1. The first-order chi connectivity index (χ1) is 15.0. The minimum absolute atomic E-state index is 0.377. The summed E-state index contributed by atoms with van der Waals surface area (Å²) >= 11 is 0. The third-order valence-electron chi connectivity index (χ3n) is 5.66. The second-order valence-corrected chi connectivity index (χ2v) is 15.2. The fourth-order valence-electron chi connectivity index (χ4n) is 3.80. The van der Waals surface area contributed by atoms with Crippen molar-refractivity contribution in [1.82, 2.24) is 24.8 Å². The second-order valence-electron chi connectivity index (χ2n) is 9.54. The molecule has 1 aliphatic rings. The molecular formula is C23H34N6OSi. The van der Waals surface area contributed by atoms with Crippen molar-refractivity contribution in [3.8, 4) is 11.3 Å². The van der Waals surface area contributed by atoms with E-state index in [1.807, 2.05) is 35.3 Å². The number of nitrogens with one attached hydrogen (secondary N) is 2. The Morgan fingerprint density at radius 3 is 3.00 bits per heavy atom. The van der Waals surface area contributed by atoms with Gasteiger partial charge in [-0.05, 0) is 43.6 Å². The zero-order valence-electron chi connectivity index (χ0n) is 18.9. The quantitative estimate of drug-likeness (QED) is 0.402. The van der Waals surface area contributed by atoms with Crippen molar-refractivity contribution >= 4 is 25.1 Å². The minimum Gasteiger partial charge on any atom is -0.366 e. The minimum atomic E-state index is -1.08. The van der Waals surface area contributed by atoms with Gasteiger partial charge in [0.1, 0.15) is 18.1 Å². The third kappa shape index (κ3) is 5.90. The topological polar surface area (TPSA) is 76.9 Å². The van der Waals surface area contributed by atoms with Crippen LogP contribution >= 0.6 is 0 Å². The Bertz CT molecular complexity index is 991. The molecule has 0 radical (unpaired) electrons. The fraction of sp³-hybridized carbons (Fsp3) is 0.522. The SMILES string of the molecule is C[Si](C)(C)CCOCn1ccc2nc(-c3cccnc3NC3CCCCNC3)cnc21. The van der Waals surface area contributed by atoms with Gasteiger partial charge in [0, 0.05) is 45.2 Å². The highest BCUT2D eigenvalue weighted by Gasteiger charge is 2.16. The number of hydrogen-bond donors (Lipinski definition) is 2. The standard InChI is InChI=1S/C23H34N6OSi/c1-31(2,3)14-13-30-17-29-12-9-20-23(29)26-16-21(28-20)19-8-6-11-25-22(19)27-18-7-4-5-10-24-15-18/h6,8-9,11-12,16,18,24H,4-5,7,10,13-15,17H2,1-3H3,(H,25,27). The van der Waals surface area contributed by atoms with Crippen molar-refractivity contribution in [2.24, 2.45) is 0 Å². The van der Waals surface area contributed by atoms with Gasteiger partial charge in [-0.3, -0.25) is 0 Å². The van der Waals surface area contributed by atoms with Gasteiger partial charge in [-0.25, -0.2) is 15.0 Å². The van der Waals surface area contributed by atoms with Crippen LogP contribution in [0.1, 0.15) is 19.3 Å². The monoisotopic (exact) mass is 438 g/mol. The van der Waals surface area contributed by atoms with Crippen LogP contribution in [0.2, 0.25) is 25.7 Å². The van der Waals surface area contributed by atoms with E-state index in [0.717, 1.165) is 60.4 Å². The van der Waals surface area contributed by atoms with E-state index in [-0.39, 0.29) is 0 Å². The molecule has 0 amide bonds. The largest absolute Gasteiger partial charge is 0.366 e. The van der Waals surface area contributed by atoms with Crippen molar-refractivity contribution in [1.29, 1.82) is 0 Å². The van der Waals surface area contributed by atoms with Gasteiger partial charge in [-0.1, -0.05) is 26.1 Å². The summed E-state index contributed by atoms with van der Waals surface area (Å²) in [6, 6.07) is 7.56. The Balaban J connectivity index is 1.49. The zero-order chi connectivity index (χ0) is 21.7. The summed E-state index contributed by atoms with van der Waals surface area (Å²) < 4.78 is 7.92. The lowest BCUT2D eigenvalue weighted by atomic mass is 10.1. The summed E-state index contributed by atoms with van der Waals surface area (Å²) in [6.45, 7) is 10.4. The molecule has 0 aromatic carbocycles. The van der Waals surface area contributed by atoms with Crippen molar-refractivity contribution < 1.29 is 4.74 Å². The molecule has 1 saturated heterocycles. The maximum atomic E-state index is 5.89. The number of nitrogens with zero attached hydrogens (tertiary/aromatic N) is 4. The molecule has 2 N–H and O–H groups in total. The third-order valence-corrected chi connectivity index (χ3v) is 7.37. The van der Waals surface area contributed by atoms with Crippen LogP contribution in [-0.2, 0) is 11.5 Å². The summed E-state index contributed by atoms with van der Waals surface area (Å²) in [5, 5.41) is 7.13. The van der Waals surface area contributed by atoms with Crippen molar-refractivity contribution in [2.45, 2.75) is 57.7 Å². The van der Waals surface area contributed by atoms with Crippen LogP contribution in [0.5, 0.6) is 0 Å². The maximum absolute atomic E-state index is 5.89. The Morgan fingerprint density at radius 1 is 1.23 bits per heavy atom. The Hall–Kier alpha value is -2.29. The van der Waals surface area contributed by atoms with Gasteiger partial charge in [-0.15, -0.1) is 0 Å². The van der Waals surface area contributed by atoms with E-state index >= 15 is 0 Å². The second kappa shape index (κ2) is 9.89. The predicted molar refractivity (Wildman–Crippen MR) is 129 cm³/mol. The van der Waals surface area contributed by atoms with Crippen molar-refractivity contribution in [2.75, 3.05) is 25.0 Å². The molecule has 3 aromatic rings. The lowest BCUT2D eigenvalue weighted by Crippen LogP contribution is -2.31. The molecule has 7 nitrogen and oxygen atoms in total. The molecule has 4 heterocycles. The van der Waals surface area contributed by atoms with E-state index in [9.17, 15) is 0 Å². The molecule has 0 spiro atoms. The highest BCUT2D eigenvalue weighted by atomic mass is 28.3. The van der Waals surface area contributed by atoms with Crippen LogP contribution in [0, 0.1) is 0 Å². The van der Waals surface area contributed by atoms with Gasteiger partial charge in [-0.2, -0.15) is 0 Å². The average molecular weight is 439 g/mol. The molecule has 4 rings (SSSR count). The average Bonchev–Trinajstić information content (AvgIpc) is 2.96. The molecule has 3 aromatic heterocycles. The molecule has 166 valence electrons. The van der Waals surface area contributed by atoms with Crippen LogP contribution in [0.25, 0.3) is 22.4 Å². The van der Waals surface area contributed by atoms with E-state index < -0.39 is 8.07 Å². The van der Waals surface area contributed by atoms with E-state index in [4.69, 9.17) is 14.7 Å². The van der Waals surface area contributed by atoms with E-state index in [2.05, 4.69) is 41.3 Å². The molecule has 8 heteroatoms. The summed E-state index contributed by atoms with van der Waals surface area (Å²) in [5.74, 6) is 0.874. The highest BCUT2D eigenvalue weighted by Crippen LogP contribution is 2.26. The fourth-order valence-corrected chi connectivity index (χ4v) is 4.56. The molecule has 31 heavy (non-hydrogen) atoms. The summed E-state index contributed by atoms with van der Waals surface area (Å²) in [6.07, 6.45) is 9.28. The van der Waals surface area contributed by atoms with Gasteiger partial charge in [0.25, 0.3) is 0 Å². The van der Waals surface area contributed by atoms with Crippen LogP contribution in [-0.4, -0.2) is 53.3 Å². The number of anilines is 1.